The summed E-state index contributed by atoms with van der Waals surface area (Å²) in [6.07, 6.45) is 0.689. The molecule has 0 fully saturated rings. The highest BCUT2D eigenvalue weighted by Crippen LogP contribution is 2.50. The molecule has 0 amide bonds. The van der Waals surface area contributed by atoms with Crippen LogP contribution < -0.4 is 0 Å². The zero-order chi connectivity index (χ0) is 11.9. The van der Waals surface area contributed by atoms with Crippen LogP contribution in [0.25, 0.3) is 0 Å². The second-order valence-electron chi connectivity index (χ2n) is 2.59. The minimum atomic E-state index is -3.59. The van der Waals surface area contributed by atoms with Gasteiger partial charge in [-0.25, -0.2) is 4.57 Å². The van der Waals surface area contributed by atoms with Crippen LogP contribution in [-0.4, -0.2) is 23.6 Å². The van der Waals surface area contributed by atoms with Crippen molar-refractivity contribution in [3.63, 3.8) is 0 Å². The molecule has 0 radical (unpaired) electrons. The summed E-state index contributed by atoms with van der Waals surface area (Å²) in [6.45, 7) is 3.64. The summed E-state index contributed by atoms with van der Waals surface area (Å²) in [4.78, 5) is 0. The predicted molar refractivity (Wildman–Crippen MR) is 61.7 cm³/mol. The van der Waals surface area contributed by atoms with Crippen LogP contribution in [0.15, 0.2) is 0 Å². The number of phosphoric acid groups is 1. The maximum Gasteiger partial charge on any atom is 0.474 e. The van der Waals surface area contributed by atoms with Crippen molar-refractivity contribution in [3.05, 3.63) is 0 Å². The molecule has 0 bridgehead atoms. The van der Waals surface area contributed by atoms with Crippen LogP contribution in [0.3, 0.4) is 0 Å². The third-order valence-electron chi connectivity index (χ3n) is 1.13. The zero-order valence-electron chi connectivity index (χ0n) is 8.54. The monoisotopic (exact) mass is 298 g/mol. The standard InChI is InChI=1S/C7H14Cl3O4P/c1-3-5-13-15(11,12-4-2)14-6-7(8,9)10/h3-6H2,1-2H3. The van der Waals surface area contributed by atoms with Gasteiger partial charge < -0.3 is 0 Å². The molecule has 8 heteroatoms. The van der Waals surface area contributed by atoms with Crippen LogP contribution in [0.1, 0.15) is 20.3 Å². The van der Waals surface area contributed by atoms with E-state index in [9.17, 15) is 4.57 Å². The minimum absolute atomic E-state index is 0.195. The molecular formula is C7H14Cl3O4P. The Bertz CT molecular complexity index is 219. The number of halogens is 3. The van der Waals surface area contributed by atoms with Crippen molar-refractivity contribution in [3.8, 4) is 0 Å². The normalized spacial score (nSPS) is 16.3. The molecule has 0 rings (SSSR count). The molecule has 1 unspecified atom stereocenters. The van der Waals surface area contributed by atoms with Crippen molar-refractivity contribution in [2.75, 3.05) is 19.8 Å². The topological polar surface area (TPSA) is 44.8 Å². The summed E-state index contributed by atoms with van der Waals surface area (Å²) >= 11 is 16.3. The SMILES string of the molecule is CCCOP(=O)(OCC)OCC(Cl)(Cl)Cl. The van der Waals surface area contributed by atoms with Crippen LogP contribution in [-0.2, 0) is 18.1 Å². The van der Waals surface area contributed by atoms with Gasteiger partial charge >= 0.3 is 7.82 Å². The third kappa shape index (κ3) is 8.75. The molecular weight excluding hydrogens is 285 g/mol. The Balaban J connectivity index is 4.19. The molecule has 0 aromatic carbocycles. The molecule has 0 aliphatic rings. The second-order valence-corrected chi connectivity index (χ2v) is 6.77. The highest BCUT2D eigenvalue weighted by molar-refractivity contribution is 7.48. The molecule has 0 N–H and O–H groups in total. The Morgan fingerprint density at radius 2 is 1.73 bits per heavy atom. The van der Waals surface area contributed by atoms with Crippen molar-refractivity contribution >= 4 is 42.6 Å². The van der Waals surface area contributed by atoms with Gasteiger partial charge in [0.05, 0.1) is 13.2 Å². The number of alkyl halides is 3. The average Bonchev–Trinajstić information content (AvgIpc) is 2.12. The first-order valence-corrected chi connectivity index (χ1v) is 7.03. The zero-order valence-corrected chi connectivity index (χ0v) is 11.7. The molecule has 0 aliphatic carbocycles. The van der Waals surface area contributed by atoms with Crippen molar-refractivity contribution < 1.29 is 18.1 Å². The first-order valence-electron chi connectivity index (χ1n) is 4.43. The maximum absolute atomic E-state index is 11.8. The number of hydrogen-bond donors (Lipinski definition) is 0. The van der Waals surface area contributed by atoms with E-state index in [-0.39, 0.29) is 19.8 Å². The van der Waals surface area contributed by atoms with Crippen molar-refractivity contribution in [1.82, 2.24) is 0 Å². The van der Waals surface area contributed by atoms with E-state index in [1.807, 2.05) is 6.92 Å². The fraction of sp³-hybridized carbons (Fsp3) is 1.00. The summed E-state index contributed by atoms with van der Waals surface area (Å²) in [5.74, 6) is 0. The summed E-state index contributed by atoms with van der Waals surface area (Å²) in [5, 5.41) is 0. The maximum atomic E-state index is 11.8. The first-order chi connectivity index (χ1) is 6.83. The molecule has 0 spiro atoms. The summed E-state index contributed by atoms with van der Waals surface area (Å²) in [6, 6.07) is 0. The van der Waals surface area contributed by atoms with E-state index in [4.69, 9.17) is 48.4 Å². The Labute approximate surface area is 105 Å². The van der Waals surface area contributed by atoms with Crippen LogP contribution in [0.4, 0.5) is 0 Å². The number of phosphoric ester groups is 1. The van der Waals surface area contributed by atoms with E-state index in [1.165, 1.54) is 0 Å². The van der Waals surface area contributed by atoms with Gasteiger partial charge in [0.15, 0.2) is 0 Å². The minimum Gasteiger partial charge on any atom is -0.287 e. The van der Waals surface area contributed by atoms with E-state index in [0.29, 0.717) is 6.42 Å². The van der Waals surface area contributed by atoms with Crippen molar-refractivity contribution in [2.45, 2.75) is 24.1 Å². The van der Waals surface area contributed by atoms with Gasteiger partial charge in [-0.3, -0.25) is 13.6 Å². The molecule has 0 aromatic heterocycles. The van der Waals surface area contributed by atoms with E-state index in [1.54, 1.807) is 6.92 Å². The smallest absolute Gasteiger partial charge is 0.287 e. The molecule has 0 saturated heterocycles. The lowest BCUT2D eigenvalue weighted by atomic mass is 10.5. The molecule has 0 aromatic rings. The van der Waals surface area contributed by atoms with Gasteiger partial charge in [-0.1, -0.05) is 41.7 Å². The molecule has 0 aliphatic heterocycles. The molecule has 1 atom stereocenters. The van der Waals surface area contributed by atoms with Gasteiger partial charge in [0.2, 0.25) is 3.79 Å². The Kier molecular flexibility index (Phi) is 7.81. The first kappa shape index (κ1) is 16.0. The molecule has 15 heavy (non-hydrogen) atoms. The quantitative estimate of drug-likeness (QED) is 0.527. The van der Waals surface area contributed by atoms with E-state index < -0.39 is 11.6 Å². The second kappa shape index (κ2) is 7.33. The number of hydrogen-bond acceptors (Lipinski definition) is 4. The van der Waals surface area contributed by atoms with Crippen LogP contribution in [0.2, 0.25) is 0 Å². The summed E-state index contributed by atoms with van der Waals surface area (Å²) in [5.41, 5.74) is 0. The number of rotatable bonds is 7. The largest absolute Gasteiger partial charge is 0.474 e. The van der Waals surface area contributed by atoms with Gasteiger partial charge in [-0.05, 0) is 13.3 Å². The third-order valence-corrected chi connectivity index (χ3v) is 2.97. The van der Waals surface area contributed by atoms with Crippen LogP contribution in [0, 0.1) is 0 Å². The Morgan fingerprint density at radius 1 is 1.13 bits per heavy atom. The fourth-order valence-corrected chi connectivity index (χ4v) is 2.31. The summed E-state index contributed by atoms with van der Waals surface area (Å²) in [7, 11) is -3.59. The summed E-state index contributed by atoms with van der Waals surface area (Å²) < 4.78 is 24.8. The molecule has 0 saturated carbocycles. The Hall–Kier alpha value is 0.980. The molecule has 92 valence electrons. The Morgan fingerprint density at radius 3 is 2.13 bits per heavy atom. The van der Waals surface area contributed by atoms with Gasteiger partial charge in [-0.2, -0.15) is 0 Å². The highest BCUT2D eigenvalue weighted by Gasteiger charge is 2.31. The van der Waals surface area contributed by atoms with Gasteiger partial charge in [0.25, 0.3) is 0 Å². The van der Waals surface area contributed by atoms with E-state index >= 15 is 0 Å². The van der Waals surface area contributed by atoms with Gasteiger partial charge in [-0.15, -0.1) is 0 Å². The van der Waals surface area contributed by atoms with Crippen LogP contribution >= 0.6 is 42.6 Å². The lowest BCUT2D eigenvalue weighted by molar-refractivity contribution is 0.119. The van der Waals surface area contributed by atoms with Crippen LogP contribution in [0.5, 0.6) is 0 Å². The molecule has 0 heterocycles. The average molecular weight is 300 g/mol. The van der Waals surface area contributed by atoms with Crippen molar-refractivity contribution in [1.29, 1.82) is 0 Å². The lowest BCUT2D eigenvalue weighted by Gasteiger charge is -2.19. The predicted octanol–water partition coefficient (Wildman–Crippen LogP) is 3.94. The lowest BCUT2D eigenvalue weighted by Crippen LogP contribution is -2.13. The van der Waals surface area contributed by atoms with Gasteiger partial charge in [0, 0.05) is 0 Å². The van der Waals surface area contributed by atoms with Gasteiger partial charge in [0.1, 0.15) is 6.61 Å². The van der Waals surface area contributed by atoms with Crippen molar-refractivity contribution in [2.24, 2.45) is 0 Å². The van der Waals surface area contributed by atoms with E-state index in [2.05, 4.69) is 0 Å². The molecule has 4 nitrogen and oxygen atoms in total. The fourth-order valence-electron chi connectivity index (χ4n) is 0.625. The van der Waals surface area contributed by atoms with E-state index in [0.717, 1.165) is 0 Å². The highest BCUT2D eigenvalue weighted by atomic mass is 35.6.